The van der Waals surface area contributed by atoms with Crippen molar-refractivity contribution < 1.29 is 23.8 Å². The van der Waals surface area contributed by atoms with Crippen LogP contribution in [0.25, 0.3) is 12.2 Å². The fraction of sp³-hybridized carbons (Fsp3) is 0.375. The van der Waals surface area contributed by atoms with Crippen molar-refractivity contribution in [2.45, 2.75) is 25.8 Å². The summed E-state index contributed by atoms with van der Waals surface area (Å²) in [6.07, 6.45) is 6.23. The molecule has 2 N–H and O–H groups in total. The van der Waals surface area contributed by atoms with Gasteiger partial charge in [-0.2, -0.15) is 0 Å². The predicted molar refractivity (Wildman–Crippen MR) is 114 cm³/mol. The van der Waals surface area contributed by atoms with Crippen LogP contribution in [0.4, 0.5) is 4.39 Å². The first kappa shape index (κ1) is 22.0. The average molecular weight is 413 g/mol. The lowest BCUT2D eigenvalue weighted by Crippen LogP contribution is -2.33. The molecule has 0 radical (unpaired) electrons. The Morgan fingerprint density at radius 3 is 2.67 bits per heavy atom. The van der Waals surface area contributed by atoms with Crippen molar-refractivity contribution in [1.29, 1.82) is 0 Å². The van der Waals surface area contributed by atoms with Crippen molar-refractivity contribution in [2.75, 3.05) is 26.9 Å². The van der Waals surface area contributed by atoms with Gasteiger partial charge in [-0.05, 0) is 65.9 Å². The lowest BCUT2D eigenvalue weighted by atomic mass is 9.97. The maximum Gasteiger partial charge on any atom is 0.251 e. The molecule has 1 saturated heterocycles. The van der Waals surface area contributed by atoms with Gasteiger partial charge in [-0.1, -0.05) is 24.3 Å². The molecule has 30 heavy (non-hydrogen) atoms. The molecule has 0 aliphatic carbocycles. The zero-order valence-electron chi connectivity index (χ0n) is 17.4. The maximum absolute atomic E-state index is 14.0. The molecule has 0 saturated carbocycles. The van der Waals surface area contributed by atoms with Gasteiger partial charge in [-0.25, -0.2) is 4.39 Å². The van der Waals surface area contributed by atoms with Gasteiger partial charge < -0.3 is 19.9 Å². The highest BCUT2D eigenvalue weighted by molar-refractivity contribution is 5.94. The first-order valence-corrected chi connectivity index (χ1v) is 10.2. The molecule has 1 heterocycles. The Kier molecular flexibility index (Phi) is 7.60. The van der Waals surface area contributed by atoms with E-state index >= 15 is 0 Å². The van der Waals surface area contributed by atoms with E-state index in [0.29, 0.717) is 17.0 Å². The quantitative estimate of drug-likeness (QED) is 0.763. The SMILES string of the molecule is C/C=c1/cc(C(=O)N[C@H](CO)c2ccc(OC)c(F)c2)ccc1=CC1CCOCC1. The maximum atomic E-state index is 14.0. The van der Waals surface area contributed by atoms with Gasteiger partial charge in [0.15, 0.2) is 11.6 Å². The Morgan fingerprint density at radius 1 is 1.27 bits per heavy atom. The molecule has 1 aliphatic rings. The molecule has 0 bridgehead atoms. The van der Waals surface area contributed by atoms with Crippen molar-refractivity contribution in [2.24, 2.45) is 5.92 Å². The summed E-state index contributed by atoms with van der Waals surface area (Å²) >= 11 is 0. The number of carbonyl (C=O) groups excluding carboxylic acids is 1. The Hall–Kier alpha value is -2.70. The van der Waals surface area contributed by atoms with E-state index in [9.17, 15) is 14.3 Å². The Morgan fingerprint density at radius 2 is 2.03 bits per heavy atom. The van der Waals surface area contributed by atoms with Gasteiger partial charge in [0.05, 0.1) is 19.8 Å². The fourth-order valence-corrected chi connectivity index (χ4v) is 3.63. The second kappa shape index (κ2) is 10.4. The third kappa shape index (κ3) is 5.26. The highest BCUT2D eigenvalue weighted by Gasteiger charge is 2.17. The number of halogens is 1. The first-order chi connectivity index (χ1) is 14.5. The number of aliphatic hydroxyl groups is 1. The summed E-state index contributed by atoms with van der Waals surface area (Å²) in [4.78, 5) is 12.8. The molecule has 0 aromatic heterocycles. The number of aliphatic hydroxyl groups excluding tert-OH is 1. The zero-order chi connectivity index (χ0) is 21.5. The summed E-state index contributed by atoms with van der Waals surface area (Å²) in [6.45, 7) is 3.15. The molecule has 0 unspecified atom stereocenters. The standard InChI is InChI=1S/C24H28FNO4/c1-3-17-13-20(5-4-18(17)12-16-8-10-30-11-9-16)24(28)26-22(15-27)19-6-7-23(29-2)21(25)14-19/h3-7,12-14,16,22,27H,8-11,15H2,1-2H3,(H,26,28)/b17-3-,18-12?/t22-/m1/s1. The van der Waals surface area contributed by atoms with E-state index in [2.05, 4.69) is 11.4 Å². The largest absolute Gasteiger partial charge is 0.494 e. The van der Waals surface area contributed by atoms with Crippen LogP contribution in [-0.2, 0) is 4.74 Å². The van der Waals surface area contributed by atoms with E-state index in [1.807, 2.05) is 25.1 Å². The topological polar surface area (TPSA) is 67.8 Å². The highest BCUT2D eigenvalue weighted by atomic mass is 19.1. The number of hydrogen-bond acceptors (Lipinski definition) is 4. The normalized spacial score (nSPS) is 17.1. The molecule has 6 heteroatoms. The van der Waals surface area contributed by atoms with Crippen molar-refractivity contribution in [3.8, 4) is 5.75 Å². The van der Waals surface area contributed by atoms with E-state index in [1.54, 1.807) is 12.1 Å². The number of hydrogen-bond donors (Lipinski definition) is 2. The van der Waals surface area contributed by atoms with E-state index in [4.69, 9.17) is 9.47 Å². The number of benzene rings is 2. The van der Waals surface area contributed by atoms with Gasteiger partial charge in [0.25, 0.3) is 5.91 Å². The summed E-state index contributed by atoms with van der Waals surface area (Å²) in [5.74, 6) is -0.285. The second-order valence-corrected chi connectivity index (χ2v) is 7.35. The average Bonchev–Trinajstić information content (AvgIpc) is 2.78. The van der Waals surface area contributed by atoms with Crippen LogP contribution >= 0.6 is 0 Å². The fourth-order valence-electron chi connectivity index (χ4n) is 3.63. The van der Waals surface area contributed by atoms with E-state index < -0.39 is 11.9 Å². The van der Waals surface area contributed by atoms with Crippen LogP contribution in [-0.4, -0.2) is 37.9 Å². The Labute approximate surface area is 175 Å². The minimum Gasteiger partial charge on any atom is -0.494 e. The number of methoxy groups -OCH3 is 1. The summed E-state index contributed by atoms with van der Waals surface area (Å²) in [7, 11) is 1.38. The summed E-state index contributed by atoms with van der Waals surface area (Å²) < 4.78 is 24.3. The van der Waals surface area contributed by atoms with Crippen LogP contribution < -0.4 is 20.5 Å². The summed E-state index contributed by atoms with van der Waals surface area (Å²) in [5.41, 5.74) is 0.954. The number of carbonyl (C=O) groups is 1. The molecular formula is C24H28FNO4. The molecule has 3 rings (SSSR count). The van der Waals surface area contributed by atoms with E-state index in [0.717, 1.165) is 36.5 Å². The Bertz CT molecular complexity index is 999. The van der Waals surface area contributed by atoms with Crippen molar-refractivity contribution in [1.82, 2.24) is 5.32 Å². The molecule has 2 aromatic carbocycles. The molecular weight excluding hydrogens is 385 g/mol. The Balaban J connectivity index is 1.80. The predicted octanol–water partition coefficient (Wildman–Crippen LogP) is 2.31. The van der Waals surface area contributed by atoms with Crippen LogP contribution in [0, 0.1) is 11.7 Å². The van der Waals surface area contributed by atoms with E-state index in [-0.39, 0.29) is 18.3 Å². The van der Waals surface area contributed by atoms with Gasteiger partial charge >= 0.3 is 0 Å². The van der Waals surface area contributed by atoms with Gasteiger partial charge in [0.2, 0.25) is 0 Å². The monoisotopic (exact) mass is 413 g/mol. The number of rotatable bonds is 6. The third-order valence-electron chi connectivity index (χ3n) is 5.41. The van der Waals surface area contributed by atoms with Crippen LogP contribution in [0.1, 0.15) is 41.7 Å². The highest BCUT2D eigenvalue weighted by Crippen LogP contribution is 2.22. The molecule has 160 valence electrons. The lowest BCUT2D eigenvalue weighted by molar-refractivity contribution is 0.0819. The van der Waals surface area contributed by atoms with Gasteiger partial charge in [-0.3, -0.25) is 4.79 Å². The number of amides is 1. The lowest BCUT2D eigenvalue weighted by Gasteiger charge is -2.19. The summed E-state index contributed by atoms with van der Waals surface area (Å²) in [5, 5.41) is 14.6. The van der Waals surface area contributed by atoms with Crippen LogP contribution in [0.3, 0.4) is 0 Å². The van der Waals surface area contributed by atoms with E-state index in [1.165, 1.54) is 19.2 Å². The third-order valence-corrected chi connectivity index (χ3v) is 5.41. The first-order valence-electron chi connectivity index (χ1n) is 10.2. The molecule has 1 aliphatic heterocycles. The molecule has 1 fully saturated rings. The molecule has 1 atom stereocenters. The van der Waals surface area contributed by atoms with Crippen LogP contribution in [0.15, 0.2) is 36.4 Å². The van der Waals surface area contributed by atoms with Crippen molar-refractivity contribution in [3.63, 3.8) is 0 Å². The van der Waals surface area contributed by atoms with Crippen LogP contribution in [0.5, 0.6) is 5.75 Å². The van der Waals surface area contributed by atoms with Crippen molar-refractivity contribution in [3.05, 3.63) is 63.8 Å². The van der Waals surface area contributed by atoms with Crippen LogP contribution in [0.2, 0.25) is 0 Å². The van der Waals surface area contributed by atoms with Gasteiger partial charge in [0, 0.05) is 18.8 Å². The van der Waals surface area contributed by atoms with Crippen molar-refractivity contribution >= 4 is 18.1 Å². The smallest absolute Gasteiger partial charge is 0.251 e. The zero-order valence-corrected chi connectivity index (χ0v) is 17.4. The molecule has 2 aromatic rings. The molecule has 1 amide bonds. The second-order valence-electron chi connectivity index (χ2n) is 7.35. The van der Waals surface area contributed by atoms with Gasteiger partial charge in [-0.15, -0.1) is 0 Å². The van der Waals surface area contributed by atoms with Gasteiger partial charge in [0.1, 0.15) is 0 Å². The summed E-state index contributed by atoms with van der Waals surface area (Å²) in [6, 6.07) is 9.20. The number of ether oxygens (including phenoxy) is 2. The molecule has 5 nitrogen and oxygen atoms in total. The number of nitrogens with one attached hydrogen (secondary N) is 1. The molecule has 0 spiro atoms. The minimum atomic E-state index is -0.722. The minimum absolute atomic E-state index is 0.112.